The van der Waals surface area contributed by atoms with Crippen LogP contribution >= 0.6 is 0 Å². The fraction of sp³-hybridized carbons (Fsp3) is 0. The fourth-order valence-corrected chi connectivity index (χ4v) is 4.61. The zero-order valence-corrected chi connectivity index (χ0v) is 18.2. The first-order chi connectivity index (χ1) is 16.8. The molecule has 0 saturated carbocycles. The second kappa shape index (κ2) is 7.42. The van der Waals surface area contributed by atoms with Crippen LogP contribution in [0.5, 0.6) is 11.5 Å². The van der Waals surface area contributed by atoms with Crippen LogP contribution in [-0.2, 0) is 0 Å². The number of anilines is 2. The molecule has 4 aromatic carbocycles. The summed E-state index contributed by atoms with van der Waals surface area (Å²) in [6.45, 7) is 0. The summed E-state index contributed by atoms with van der Waals surface area (Å²) in [4.78, 5) is 10.0. The number of para-hydroxylation sites is 4. The molecule has 0 amide bonds. The standard InChI is InChI=1S/C30H19N3O/c1-3-9-22-19(7-1)13-16-24(31-22)21-15-18-28-30(33-25-11-5-6-12-27(25)34-28)29(21)26-17-14-20-8-2-4-10-23(20)32-26/h1-18,33H. The molecule has 7 rings (SSSR count). The number of rotatable bonds is 2. The van der Waals surface area contributed by atoms with Gasteiger partial charge in [-0.25, -0.2) is 9.97 Å². The summed E-state index contributed by atoms with van der Waals surface area (Å²) in [6, 6.07) is 36.8. The molecule has 0 atom stereocenters. The van der Waals surface area contributed by atoms with Crippen molar-refractivity contribution in [2.24, 2.45) is 0 Å². The summed E-state index contributed by atoms with van der Waals surface area (Å²) in [5.41, 5.74) is 7.48. The van der Waals surface area contributed by atoms with Crippen LogP contribution in [0.1, 0.15) is 0 Å². The highest BCUT2D eigenvalue weighted by atomic mass is 16.5. The second-order valence-electron chi connectivity index (χ2n) is 8.36. The fourth-order valence-electron chi connectivity index (χ4n) is 4.61. The first-order valence-corrected chi connectivity index (χ1v) is 11.3. The van der Waals surface area contributed by atoms with E-state index in [0.717, 1.165) is 67.2 Å². The third kappa shape index (κ3) is 3.00. The van der Waals surface area contributed by atoms with Gasteiger partial charge >= 0.3 is 0 Å². The number of pyridine rings is 2. The van der Waals surface area contributed by atoms with Crippen LogP contribution in [0.3, 0.4) is 0 Å². The molecule has 0 saturated heterocycles. The molecule has 6 aromatic rings. The maximum absolute atomic E-state index is 6.28. The minimum Gasteiger partial charge on any atom is -0.453 e. The van der Waals surface area contributed by atoms with E-state index < -0.39 is 0 Å². The summed E-state index contributed by atoms with van der Waals surface area (Å²) in [5, 5.41) is 5.83. The van der Waals surface area contributed by atoms with E-state index in [1.165, 1.54) is 0 Å². The monoisotopic (exact) mass is 437 g/mol. The average Bonchev–Trinajstić information content (AvgIpc) is 2.90. The third-order valence-electron chi connectivity index (χ3n) is 6.26. The zero-order valence-electron chi connectivity index (χ0n) is 18.2. The number of hydrogen-bond acceptors (Lipinski definition) is 4. The van der Waals surface area contributed by atoms with Crippen LogP contribution in [0.4, 0.5) is 11.4 Å². The van der Waals surface area contributed by atoms with Gasteiger partial charge in [-0.15, -0.1) is 0 Å². The Balaban J connectivity index is 1.50. The van der Waals surface area contributed by atoms with Crippen molar-refractivity contribution >= 4 is 33.2 Å². The van der Waals surface area contributed by atoms with Gasteiger partial charge in [0.2, 0.25) is 0 Å². The van der Waals surface area contributed by atoms with Gasteiger partial charge in [0, 0.05) is 21.9 Å². The number of ether oxygens (including phenoxy) is 1. The van der Waals surface area contributed by atoms with E-state index >= 15 is 0 Å². The van der Waals surface area contributed by atoms with Gasteiger partial charge < -0.3 is 10.1 Å². The molecule has 4 heteroatoms. The molecule has 3 heterocycles. The van der Waals surface area contributed by atoms with Gasteiger partial charge in [-0.2, -0.15) is 0 Å². The molecule has 0 aliphatic carbocycles. The van der Waals surface area contributed by atoms with Gasteiger partial charge in [-0.3, -0.25) is 0 Å². The maximum Gasteiger partial charge on any atom is 0.151 e. The van der Waals surface area contributed by atoms with E-state index in [1.807, 2.05) is 66.7 Å². The van der Waals surface area contributed by atoms with Crippen LogP contribution in [0.25, 0.3) is 44.3 Å². The van der Waals surface area contributed by atoms with Crippen molar-refractivity contribution in [3.8, 4) is 34.0 Å². The molecule has 0 bridgehead atoms. The molecule has 1 N–H and O–H groups in total. The molecular weight excluding hydrogens is 418 g/mol. The van der Waals surface area contributed by atoms with Gasteiger partial charge in [-0.1, -0.05) is 60.7 Å². The summed E-state index contributed by atoms with van der Waals surface area (Å²) >= 11 is 0. The number of nitrogens with one attached hydrogen (secondary N) is 1. The first-order valence-electron chi connectivity index (χ1n) is 11.3. The normalized spacial score (nSPS) is 12.0. The Morgan fingerprint density at radius 3 is 1.97 bits per heavy atom. The Morgan fingerprint density at radius 1 is 0.529 bits per heavy atom. The Kier molecular flexibility index (Phi) is 4.11. The highest BCUT2D eigenvalue weighted by molar-refractivity contribution is 5.98. The molecule has 1 aliphatic heterocycles. The lowest BCUT2D eigenvalue weighted by Crippen LogP contribution is -2.06. The van der Waals surface area contributed by atoms with Crippen molar-refractivity contribution in [1.82, 2.24) is 9.97 Å². The second-order valence-corrected chi connectivity index (χ2v) is 8.36. The molecular formula is C30H19N3O. The lowest BCUT2D eigenvalue weighted by molar-refractivity contribution is 0.481. The summed E-state index contributed by atoms with van der Waals surface area (Å²) in [7, 11) is 0. The summed E-state index contributed by atoms with van der Waals surface area (Å²) in [5.74, 6) is 1.58. The quantitative estimate of drug-likeness (QED) is 0.298. The molecule has 2 aromatic heterocycles. The number of nitrogens with zero attached hydrogens (tertiary/aromatic N) is 2. The smallest absolute Gasteiger partial charge is 0.151 e. The molecule has 0 fully saturated rings. The number of fused-ring (bicyclic) bond motifs is 4. The molecule has 1 aliphatic rings. The zero-order chi connectivity index (χ0) is 22.5. The Labute approximate surface area is 196 Å². The van der Waals surface area contributed by atoms with Gasteiger partial charge in [0.25, 0.3) is 0 Å². The molecule has 34 heavy (non-hydrogen) atoms. The van der Waals surface area contributed by atoms with Crippen LogP contribution < -0.4 is 10.1 Å². The van der Waals surface area contributed by atoms with Crippen molar-refractivity contribution in [3.05, 3.63) is 109 Å². The van der Waals surface area contributed by atoms with Crippen molar-refractivity contribution < 1.29 is 4.74 Å². The molecule has 4 nitrogen and oxygen atoms in total. The van der Waals surface area contributed by atoms with Crippen LogP contribution in [-0.4, -0.2) is 9.97 Å². The predicted octanol–water partition coefficient (Wildman–Crippen LogP) is 7.97. The molecule has 0 unspecified atom stereocenters. The lowest BCUT2D eigenvalue weighted by atomic mass is 9.96. The predicted molar refractivity (Wildman–Crippen MR) is 138 cm³/mol. The minimum absolute atomic E-state index is 0.771. The molecule has 160 valence electrons. The Bertz CT molecular complexity index is 1720. The number of aromatic nitrogens is 2. The number of hydrogen-bond donors (Lipinski definition) is 1. The third-order valence-corrected chi connectivity index (χ3v) is 6.26. The SMILES string of the molecule is c1ccc2c(c1)Nc1c(ccc(-c3ccc4ccccc4n3)c1-c1ccc3ccccc3n1)O2. The largest absolute Gasteiger partial charge is 0.453 e. The van der Waals surface area contributed by atoms with Crippen molar-refractivity contribution in [2.45, 2.75) is 0 Å². The van der Waals surface area contributed by atoms with E-state index in [1.54, 1.807) is 0 Å². The summed E-state index contributed by atoms with van der Waals surface area (Å²) in [6.07, 6.45) is 0. The van der Waals surface area contributed by atoms with E-state index in [0.29, 0.717) is 0 Å². The van der Waals surface area contributed by atoms with Crippen LogP contribution in [0, 0.1) is 0 Å². The Hall–Kier alpha value is -4.70. The lowest BCUT2D eigenvalue weighted by Gasteiger charge is -2.25. The summed E-state index contributed by atoms with van der Waals surface area (Å²) < 4.78 is 6.28. The van der Waals surface area contributed by atoms with Gasteiger partial charge in [0.05, 0.1) is 33.8 Å². The highest BCUT2D eigenvalue weighted by Gasteiger charge is 2.24. The van der Waals surface area contributed by atoms with E-state index in [-0.39, 0.29) is 0 Å². The van der Waals surface area contributed by atoms with Crippen molar-refractivity contribution in [3.63, 3.8) is 0 Å². The topological polar surface area (TPSA) is 47.0 Å². The van der Waals surface area contributed by atoms with Gasteiger partial charge in [0.1, 0.15) is 0 Å². The van der Waals surface area contributed by atoms with Crippen molar-refractivity contribution in [1.29, 1.82) is 0 Å². The highest BCUT2D eigenvalue weighted by Crippen LogP contribution is 2.49. The molecule has 0 spiro atoms. The van der Waals surface area contributed by atoms with Gasteiger partial charge in [-0.05, 0) is 48.5 Å². The maximum atomic E-state index is 6.28. The van der Waals surface area contributed by atoms with E-state index in [2.05, 4.69) is 47.8 Å². The van der Waals surface area contributed by atoms with Crippen LogP contribution in [0.15, 0.2) is 109 Å². The van der Waals surface area contributed by atoms with E-state index in [9.17, 15) is 0 Å². The molecule has 0 radical (unpaired) electrons. The van der Waals surface area contributed by atoms with Crippen LogP contribution in [0.2, 0.25) is 0 Å². The van der Waals surface area contributed by atoms with Crippen molar-refractivity contribution in [2.75, 3.05) is 5.32 Å². The first kappa shape index (κ1) is 18.8. The Morgan fingerprint density at radius 2 is 1.18 bits per heavy atom. The minimum atomic E-state index is 0.771. The van der Waals surface area contributed by atoms with E-state index in [4.69, 9.17) is 14.7 Å². The average molecular weight is 438 g/mol. The van der Waals surface area contributed by atoms with Gasteiger partial charge in [0.15, 0.2) is 11.5 Å². The number of benzene rings is 4.